The van der Waals surface area contributed by atoms with Gasteiger partial charge in [0.05, 0.1) is 12.2 Å². The van der Waals surface area contributed by atoms with Crippen molar-refractivity contribution in [3.05, 3.63) is 41.6 Å². The number of hydrogen-bond acceptors (Lipinski definition) is 4. The Morgan fingerprint density at radius 2 is 1.73 bits per heavy atom. The SMILES string of the molecule is CCCCCCCC(=O)N1CCc2nc(-c3ccccc3)nc(N3CCCC3)c2C1. The number of rotatable bonds is 8. The highest BCUT2D eigenvalue weighted by molar-refractivity contribution is 5.77. The summed E-state index contributed by atoms with van der Waals surface area (Å²) in [5, 5.41) is 0. The van der Waals surface area contributed by atoms with Gasteiger partial charge in [-0.2, -0.15) is 0 Å². The predicted molar refractivity (Wildman–Crippen MR) is 121 cm³/mol. The first-order valence-electron chi connectivity index (χ1n) is 11.7. The summed E-state index contributed by atoms with van der Waals surface area (Å²) in [5.74, 6) is 2.15. The molecule has 160 valence electrons. The lowest BCUT2D eigenvalue weighted by Gasteiger charge is -2.32. The van der Waals surface area contributed by atoms with Crippen LogP contribution in [0.2, 0.25) is 0 Å². The van der Waals surface area contributed by atoms with Crippen molar-refractivity contribution in [2.24, 2.45) is 0 Å². The van der Waals surface area contributed by atoms with Crippen LogP contribution < -0.4 is 4.90 Å². The van der Waals surface area contributed by atoms with E-state index in [0.29, 0.717) is 13.0 Å². The molecule has 0 aliphatic carbocycles. The third kappa shape index (κ3) is 4.82. The highest BCUT2D eigenvalue weighted by atomic mass is 16.2. The normalized spacial score (nSPS) is 16.0. The quantitative estimate of drug-likeness (QED) is 0.580. The first-order valence-corrected chi connectivity index (χ1v) is 11.7. The standard InChI is InChI=1S/C25H34N4O/c1-2-3-4-5-9-14-23(30)29-18-15-22-21(19-29)25(28-16-10-11-17-28)27-24(26-22)20-12-7-6-8-13-20/h6-8,12-13H,2-5,9-11,14-19H2,1H3. The van der Waals surface area contributed by atoms with Crippen molar-refractivity contribution < 1.29 is 4.79 Å². The molecule has 5 nitrogen and oxygen atoms in total. The van der Waals surface area contributed by atoms with E-state index in [9.17, 15) is 4.79 Å². The van der Waals surface area contributed by atoms with Gasteiger partial charge in [-0.05, 0) is 19.3 Å². The molecule has 4 rings (SSSR count). The molecule has 2 aromatic rings. The summed E-state index contributed by atoms with van der Waals surface area (Å²) in [6.07, 6.45) is 9.81. The van der Waals surface area contributed by atoms with Gasteiger partial charge in [-0.1, -0.05) is 62.9 Å². The Morgan fingerprint density at radius 3 is 2.50 bits per heavy atom. The number of unbranched alkanes of at least 4 members (excludes halogenated alkanes) is 4. The fourth-order valence-electron chi connectivity index (χ4n) is 4.55. The monoisotopic (exact) mass is 406 g/mol. The third-order valence-corrected chi connectivity index (χ3v) is 6.32. The number of amides is 1. The van der Waals surface area contributed by atoms with E-state index in [1.807, 2.05) is 23.1 Å². The van der Waals surface area contributed by atoms with E-state index < -0.39 is 0 Å². The van der Waals surface area contributed by atoms with Gasteiger partial charge in [-0.3, -0.25) is 4.79 Å². The van der Waals surface area contributed by atoms with Crippen molar-refractivity contribution in [1.29, 1.82) is 0 Å². The molecule has 0 unspecified atom stereocenters. The molecule has 1 fully saturated rings. The van der Waals surface area contributed by atoms with Crippen molar-refractivity contribution in [2.45, 2.75) is 71.3 Å². The summed E-state index contributed by atoms with van der Waals surface area (Å²) in [6.45, 7) is 5.74. The van der Waals surface area contributed by atoms with Gasteiger partial charge < -0.3 is 9.80 Å². The van der Waals surface area contributed by atoms with Crippen molar-refractivity contribution >= 4 is 11.7 Å². The number of benzene rings is 1. The summed E-state index contributed by atoms with van der Waals surface area (Å²) >= 11 is 0. The Bertz CT molecular complexity index is 846. The van der Waals surface area contributed by atoms with Crippen LogP contribution in [0.4, 0.5) is 5.82 Å². The van der Waals surface area contributed by atoms with Gasteiger partial charge in [0, 0.05) is 43.6 Å². The third-order valence-electron chi connectivity index (χ3n) is 6.32. The number of hydrogen-bond donors (Lipinski definition) is 0. The second-order valence-corrected chi connectivity index (χ2v) is 8.59. The van der Waals surface area contributed by atoms with Gasteiger partial charge in [0.1, 0.15) is 5.82 Å². The van der Waals surface area contributed by atoms with Crippen LogP contribution in [0.15, 0.2) is 30.3 Å². The second-order valence-electron chi connectivity index (χ2n) is 8.59. The van der Waals surface area contributed by atoms with Gasteiger partial charge in [0.25, 0.3) is 0 Å². The van der Waals surface area contributed by atoms with Gasteiger partial charge >= 0.3 is 0 Å². The van der Waals surface area contributed by atoms with Gasteiger partial charge in [-0.15, -0.1) is 0 Å². The lowest BCUT2D eigenvalue weighted by molar-refractivity contribution is -0.132. The van der Waals surface area contributed by atoms with Crippen LogP contribution in [-0.4, -0.2) is 40.4 Å². The molecule has 1 aromatic heterocycles. The van der Waals surface area contributed by atoms with E-state index >= 15 is 0 Å². The number of anilines is 1. The number of carbonyl (C=O) groups is 1. The lowest BCUT2D eigenvalue weighted by atomic mass is 10.0. The fraction of sp³-hybridized carbons (Fsp3) is 0.560. The van der Waals surface area contributed by atoms with Crippen LogP contribution in [0.5, 0.6) is 0 Å². The summed E-state index contributed by atoms with van der Waals surface area (Å²) in [5.41, 5.74) is 3.35. The van der Waals surface area contributed by atoms with E-state index in [1.54, 1.807) is 0 Å². The van der Waals surface area contributed by atoms with Crippen LogP contribution >= 0.6 is 0 Å². The first-order chi connectivity index (χ1) is 14.8. The topological polar surface area (TPSA) is 49.3 Å². The Morgan fingerprint density at radius 1 is 0.967 bits per heavy atom. The molecule has 1 aromatic carbocycles. The average Bonchev–Trinajstić information content (AvgIpc) is 3.33. The molecular weight excluding hydrogens is 372 g/mol. The maximum atomic E-state index is 12.8. The molecule has 0 bridgehead atoms. The van der Waals surface area contributed by atoms with Gasteiger partial charge in [-0.25, -0.2) is 9.97 Å². The smallest absolute Gasteiger partial charge is 0.222 e. The minimum Gasteiger partial charge on any atom is -0.356 e. The summed E-state index contributed by atoms with van der Waals surface area (Å²) in [7, 11) is 0. The summed E-state index contributed by atoms with van der Waals surface area (Å²) < 4.78 is 0. The zero-order valence-corrected chi connectivity index (χ0v) is 18.3. The highest BCUT2D eigenvalue weighted by Gasteiger charge is 2.28. The van der Waals surface area contributed by atoms with Crippen molar-refractivity contribution in [2.75, 3.05) is 24.5 Å². The number of fused-ring (bicyclic) bond motifs is 1. The number of nitrogens with zero attached hydrogens (tertiary/aromatic N) is 4. The number of carbonyl (C=O) groups excluding carboxylic acids is 1. The molecule has 0 radical (unpaired) electrons. The minimum atomic E-state index is 0.289. The predicted octanol–water partition coefficient (Wildman–Crippen LogP) is 4.99. The molecule has 30 heavy (non-hydrogen) atoms. The molecule has 5 heteroatoms. The van der Waals surface area contributed by atoms with Crippen molar-refractivity contribution in [3.63, 3.8) is 0 Å². The fourth-order valence-corrected chi connectivity index (χ4v) is 4.55. The van der Waals surface area contributed by atoms with Gasteiger partial charge in [0.15, 0.2) is 5.82 Å². The van der Waals surface area contributed by atoms with E-state index in [0.717, 1.165) is 61.8 Å². The molecule has 2 aliphatic rings. The van der Waals surface area contributed by atoms with Crippen LogP contribution in [0.1, 0.15) is 69.5 Å². The molecule has 0 N–H and O–H groups in total. The van der Waals surface area contributed by atoms with Crippen LogP contribution in [-0.2, 0) is 17.8 Å². The second kappa shape index (κ2) is 10.1. The summed E-state index contributed by atoms with van der Waals surface area (Å²) in [6, 6.07) is 10.2. The van der Waals surface area contributed by atoms with Crippen molar-refractivity contribution in [1.82, 2.24) is 14.9 Å². The molecule has 2 aliphatic heterocycles. The molecule has 1 amide bonds. The van der Waals surface area contributed by atoms with Crippen molar-refractivity contribution in [3.8, 4) is 11.4 Å². The zero-order valence-electron chi connectivity index (χ0n) is 18.3. The highest BCUT2D eigenvalue weighted by Crippen LogP contribution is 2.31. The molecular formula is C25H34N4O. The van der Waals surface area contributed by atoms with Crippen LogP contribution in [0.3, 0.4) is 0 Å². The van der Waals surface area contributed by atoms with Crippen LogP contribution in [0.25, 0.3) is 11.4 Å². The molecule has 3 heterocycles. The van der Waals surface area contributed by atoms with E-state index in [-0.39, 0.29) is 5.91 Å². The van der Waals surface area contributed by atoms with E-state index in [4.69, 9.17) is 9.97 Å². The Hall–Kier alpha value is -2.43. The van der Waals surface area contributed by atoms with Gasteiger partial charge in [0.2, 0.25) is 5.91 Å². The molecule has 0 saturated carbocycles. The Labute approximate surface area is 180 Å². The Balaban J connectivity index is 1.53. The van der Waals surface area contributed by atoms with E-state index in [2.05, 4.69) is 24.0 Å². The zero-order chi connectivity index (χ0) is 20.8. The maximum Gasteiger partial charge on any atom is 0.222 e. The number of aromatic nitrogens is 2. The average molecular weight is 407 g/mol. The maximum absolute atomic E-state index is 12.8. The molecule has 0 spiro atoms. The lowest BCUT2D eigenvalue weighted by Crippen LogP contribution is -2.38. The van der Waals surface area contributed by atoms with E-state index in [1.165, 1.54) is 37.7 Å². The Kier molecular flexibility index (Phi) is 6.98. The molecule has 0 atom stereocenters. The largest absolute Gasteiger partial charge is 0.356 e. The first kappa shape index (κ1) is 20.8. The molecule has 1 saturated heterocycles. The summed E-state index contributed by atoms with van der Waals surface area (Å²) in [4.78, 5) is 27.2. The van der Waals surface area contributed by atoms with Crippen LogP contribution in [0, 0.1) is 0 Å². The minimum absolute atomic E-state index is 0.289.